The molecule has 6 aromatic rings. The highest BCUT2D eigenvalue weighted by Gasteiger charge is 2.17. The minimum absolute atomic E-state index is 0.00199. The molecule has 10 heteroatoms. The Labute approximate surface area is 252 Å². The topological polar surface area (TPSA) is 95.1 Å². The molecule has 0 spiro atoms. The third-order valence-electron chi connectivity index (χ3n) is 7.51. The zero-order chi connectivity index (χ0) is 30.8. The largest absolute Gasteiger partial charge is 0.478 e. The zero-order valence-corrected chi connectivity index (χ0v) is 24.2. The first-order chi connectivity index (χ1) is 21.3. The Kier molecular flexibility index (Phi) is 7.89. The predicted molar refractivity (Wildman–Crippen MR) is 162 cm³/mol. The lowest BCUT2D eigenvalue weighted by atomic mass is 10.1. The van der Waals surface area contributed by atoms with Crippen molar-refractivity contribution in [1.82, 2.24) is 24.1 Å². The number of hydrogen-bond donors (Lipinski definition) is 1. The van der Waals surface area contributed by atoms with Crippen LogP contribution in [0.25, 0.3) is 22.3 Å². The molecule has 6 rings (SSSR count). The van der Waals surface area contributed by atoms with E-state index in [0.29, 0.717) is 52.2 Å². The standard InChI is InChI=1S/C34H29F2N5O3/c1-3-40-20-37-17-25(40)18-41-31-16-23(34(42)43)10-12-30(31)38-32(41)15-22-8-11-26(28(36)14-22)29-5-4-6-33(39-29)44-19-24-9-7-21(2)13-27(24)35/h4-14,16-17,20H,3,15,18-19H2,1-2H3,(H,42,43). The van der Waals surface area contributed by atoms with Crippen LogP contribution in [-0.4, -0.2) is 35.2 Å². The van der Waals surface area contributed by atoms with E-state index in [1.54, 1.807) is 55.0 Å². The lowest BCUT2D eigenvalue weighted by Crippen LogP contribution is -2.10. The van der Waals surface area contributed by atoms with E-state index in [0.717, 1.165) is 17.8 Å². The summed E-state index contributed by atoms with van der Waals surface area (Å²) in [5.74, 6) is -0.920. The zero-order valence-electron chi connectivity index (χ0n) is 24.2. The number of hydrogen-bond acceptors (Lipinski definition) is 5. The highest BCUT2D eigenvalue weighted by Crippen LogP contribution is 2.27. The fourth-order valence-electron chi connectivity index (χ4n) is 5.17. The van der Waals surface area contributed by atoms with Crippen molar-refractivity contribution in [2.24, 2.45) is 0 Å². The van der Waals surface area contributed by atoms with E-state index in [-0.39, 0.29) is 23.9 Å². The number of halogens is 2. The molecule has 1 N–H and O–H groups in total. The molecule has 0 amide bonds. The van der Waals surface area contributed by atoms with Gasteiger partial charge in [0, 0.05) is 36.4 Å². The number of ether oxygens (including phenoxy) is 1. The van der Waals surface area contributed by atoms with E-state index in [4.69, 9.17) is 9.72 Å². The second-order valence-electron chi connectivity index (χ2n) is 10.5. The van der Waals surface area contributed by atoms with Gasteiger partial charge < -0.3 is 19.0 Å². The Morgan fingerprint density at radius 3 is 2.61 bits per heavy atom. The number of rotatable bonds is 10. The molecule has 0 atom stereocenters. The normalized spacial score (nSPS) is 11.3. The Morgan fingerprint density at radius 1 is 0.977 bits per heavy atom. The molecular formula is C34H29F2N5O3. The van der Waals surface area contributed by atoms with Crippen LogP contribution in [0, 0.1) is 18.6 Å². The van der Waals surface area contributed by atoms with Crippen LogP contribution in [0.1, 0.15) is 45.5 Å². The van der Waals surface area contributed by atoms with E-state index >= 15 is 4.39 Å². The molecule has 44 heavy (non-hydrogen) atoms. The van der Waals surface area contributed by atoms with E-state index in [1.807, 2.05) is 35.1 Å². The fourth-order valence-corrected chi connectivity index (χ4v) is 5.17. The monoisotopic (exact) mass is 593 g/mol. The van der Waals surface area contributed by atoms with Crippen LogP contribution in [0.5, 0.6) is 5.88 Å². The van der Waals surface area contributed by atoms with Gasteiger partial charge in [-0.2, -0.15) is 0 Å². The van der Waals surface area contributed by atoms with Crippen LogP contribution in [0.3, 0.4) is 0 Å². The van der Waals surface area contributed by atoms with Crippen molar-refractivity contribution in [1.29, 1.82) is 0 Å². The molecule has 0 aliphatic rings. The summed E-state index contributed by atoms with van der Waals surface area (Å²) in [6.45, 7) is 4.98. The van der Waals surface area contributed by atoms with E-state index in [9.17, 15) is 14.3 Å². The molecular weight excluding hydrogens is 564 g/mol. The maximum Gasteiger partial charge on any atom is 0.335 e. The number of carboxylic acids is 1. The Morgan fingerprint density at radius 2 is 1.84 bits per heavy atom. The fraction of sp³-hybridized carbons (Fsp3) is 0.176. The predicted octanol–water partition coefficient (Wildman–Crippen LogP) is 6.82. The van der Waals surface area contributed by atoms with Gasteiger partial charge in [-0.05, 0) is 67.4 Å². The van der Waals surface area contributed by atoms with Crippen molar-refractivity contribution in [2.45, 2.75) is 40.0 Å². The number of benzene rings is 3. The summed E-state index contributed by atoms with van der Waals surface area (Å²) < 4.78 is 39.4. The van der Waals surface area contributed by atoms with Crippen LogP contribution >= 0.6 is 0 Å². The smallest absolute Gasteiger partial charge is 0.335 e. The van der Waals surface area contributed by atoms with Gasteiger partial charge in [0.05, 0.1) is 40.9 Å². The molecule has 0 saturated heterocycles. The minimum atomic E-state index is -1.03. The number of aryl methyl sites for hydroxylation is 2. The molecule has 0 aliphatic carbocycles. The first kappa shape index (κ1) is 28.7. The van der Waals surface area contributed by atoms with Gasteiger partial charge in [0.15, 0.2) is 0 Å². The quantitative estimate of drug-likeness (QED) is 0.187. The highest BCUT2D eigenvalue weighted by atomic mass is 19.1. The lowest BCUT2D eigenvalue weighted by molar-refractivity contribution is 0.0697. The van der Waals surface area contributed by atoms with Crippen LogP contribution in [-0.2, 0) is 26.1 Å². The van der Waals surface area contributed by atoms with Gasteiger partial charge in [0.25, 0.3) is 0 Å². The summed E-state index contributed by atoms with van der Waals surface area (Å²) in [6.07, 6.45) is 3.84. The molecule has 0 fully saturated rings. The SMILES string of the molecule is CCn1cncc1Cn1c(Cc2ccc(-c3cccc(OCc4ccc(C)cc4F)n3)c(F)c2)nc2ccc(C(=O)O)cc21. The van der Waals surface area contributed by atoms with Crippen molar-refractivity contribution < 1.29 is 23.4 Å². The Balaban J connectivity index is 1.27. The summed E-state index contributed by atoms with van der Waals surface area (Å²) >= 11 is 0. The number of aromatic nitrogens is 5. The maximum atomic E-state index is 15.5. The molecule has 3 aromatic carbocycles. The minimum Gasteiger partial charge on any atom is -0.478 e. The average molecular weight is 594 g/mol. The molecule has 8 nitrogen and oxygen atoms in total. The molecule has 0 unspecified atom stereocenters. The van der Waals surface area contributed by atoms with Gasteiger partial charge >= 0.3 is 5.97 Å². The number of aromatic carboxylic acids is 1. The summed E-state index contributed by atoms with van der Waals surface area (Å²) in [5.41, 5.74) is 5.02. The number of nitrogens with zero attached hydrogens (tertiary/aromatic N) is 5. The Bertz CT molecular complexity index is 2000. The summed E-state index contributed by atoms with van der Waals surface area (Å²) in [6, 6.07) is 19.7. The van der Waals surface area contributed by atoms with Crippen molar-refractivity contribution >= 4 is 17.0 Å². The number of pyridine rings is 1. The second-order valence-corrected chi connectivity index (χ2v) is 10.5. The highest BCUT2D eigenvalue weighted by molar-refractivity contribution is 5.92. The molecule has 3 aromatic heterocycles. The first-order valence-corrected chi connectivity index (χ1v) is 14.1. The first-order valence-electron chi connectivity index (χ1n) is 14.1. The van der Waals surface area contributed by atoms with Crippen molar-refractivity contribution in [2.75, 3.05) is 0 Å². The summed E-state index contributed by atoms with van der Waals surface area (Å²) in [4.78, 5) is 25.2. The van der Waals surface area contributed by atoms with Crippen LogP contribution in [0.15, 0.2) is 85.3 Å². The summed E-state index contributed by atoms with van der Waals surface area (Å²) in [5, 5.41) is 9.57. The van der Waals surface area contributed by atoms with E-state index in [1.165, 1.54) is 18.2 Å². The molecule has 0 aliphatic heterocycles. The van der Waals surface area contributed by atoms with Crippen LogP contribution < -0.4 is 4.74 Å². The molecule has 222 valence electrons. The van der Waals surface area contributed by atoms with Gasteiger partial charge in [0.2, 0.25) is 5.88 Å². The van der Waals surface area contributed by atoms with Gasteiger partial charge in [-0.25, -0.2) is 28.5 Å². The van der Waals surface area contributed by atoms with Gasteiger partial charge in [-0.3, -0.25) is 0 Å². The molecule has 3 heterocycles. The number of carbonyl (C=O) groups is 1. The van der Waals surface area contributed by atoms with Crippen molar-refractivity contribution in [3.05, 3.63) is 131 Å². The average Bonchev–Trinajstić information content (AvgIpc) is 3.60. The third kappa shape index (κ3) is 5.92. The third-order valence-corrected chi connectivity index (χ3v) is 7.51. The lowest BCUT2D eigenvalue weighted by Gasteiger charge is -2.12. The second kappa shape index (κ2) is 12.1. The number of fused-ring (bicyclic) bond motifs is 1. The number of imidazole rings is 2. The van der Waals surface area contributed by atoms with E-state index in [2.05, 4.69) is 9.97 Å². The Hall–Kier alpha value is -5.38. The van der Waals surface area contributed by atoms with Gasteiger partial charge in [-0.15, -0.1) is 0 Å². The van der Waals surface area contributed by atoms with Crippen LogP contribution in [0.4, 0.5) is 8.78 Å². The van der Waals surface area contributed by atoms with E-state index < -0.39 is 11.8 Å². The van der Waals surface area contributed by atoms with Crippen molar-refractivity contribution in [3.8, 4) is 17.1 Å². The molecule has 0 bridgehead atoms. The molecule has 0 radical (unpaired) electrons. The van der Waals surface area contributed by atoms with Gasteiger partial charge in [-0.1, -0.05) is 24.3 Å². The number of carboxylic acid groups (broad SMARTS) is 1. The maximum absolute atomic E-state index is 15.5. The molecule has 0 saturated carbocycles. The van der Waals surface area contributed by atoms with Crippen LogP contribution in [0.2, 0.25) is 0 Å². The van der Waals surface area contributed by atoms with Crippen molar-refractivity contribution in [3.63, 3.8) is 0 Å². The van der Waals surface area contributed by atoms with Gasteiger partial charge in [0.1, 0.15) is 24.1 Å². The summed E-state index contributed by atoms with van der Waals surface area (Å²) in [7, 11) is 0.